The van der Waals surface area contributed by atoms with Gasteiger partial charge in [0, 0.05) is 23.9 Å². The molecule has 2 atom stereocenters. The Morgan fingerprint density at radius 1 is 1.00 bits per heavy atom. The van der Waals surface area contributed by atoms with Gasteiger partial charge in [-0.25, -0.2) is 4.90 Å². The summed E-state index contributed by atoms with van der Waals surface area (Å²) < 4.78 is 10.5. The first-order chi connectivity index (χ1) is 14.9. The van der Waals surface area contributed by atoms with Crippen LogP contribution in [0.2, 0.25) is 0 Å². The molecule has 1 aliphatic carbocycles. The number of anilines is 2. The van der Waals surface area contributed by atoms with Gasteiger partial charge in [0.2, 0.25) is 11.8 Å². The number of amides is 3. The van der Waals surface area contributed by atoms with Crippen molar-refractivity contribution in [2.45, 2.75) is 19.8 Å². The van der Waals surface area contributed by atoms with Gasteiger partial charge in [-0.1, -0.05) is 23.8 Å². The number of imide groups is 1. The van der Waals surface area contributed by atoms with E-state index in [1.165, 1.54) is 19.1 Å². The number of ether oxygens (including phenoxy) is 2. The predicted molar refractivity (Wildman–Crippen MR) is 116 cm³/mol. The van der Waals surface area contributed by atoms with Crippen molar-refractivity contribution in [3.05, 3.63) is 59.7 Å². The second-order valence-corrected chi connectivity index (χ2v) is 7.79. The number of nitrogens with one attached hydrogen (secondary N) is 1. The Morgan fingerprint density at radius 2 is 1.65 bits per heavy atom. The van der Waals surface area contributed by atoms with Gasteiger partial charge in [0.15, 0.2) is 0 Å². The molecule has 7 heteroatoms. The van der Waals surface area contributed by atoms with Crippen LogP contribution >= 0.6 is 0 Å². The molecule has 7 nitrogen and oxygen atoms in total. The number of hydrogen-bond donors (Lipinski definition) is 1. The second-order valence-electron chi connectivity index (χ2n) is 7.79. The third-order valence-electron chi connectivity index (χ3n) is 5.82. The van der Waals surface area contributed by atoms with Gasteiger partial charge in [-0.2, -0.15) is 0 Å². The van der Waals surface area contributed by atoms with Crippen molar-refractivity contribution < 1.29 is 23.9 Å². The molecule has 2 aromatic rings. The van der Waals surface area contributed by atoms with E-state index in [0.29, 0.717) is 35.7 Å². The number of hydrogen-bond acceptors (Lipinski definition) is 5. The third-order valence-corrected chi connectivity index (χ3v) is 5.82. The van der Waals surface area contributed by atoms with Gasteiger partial charge in [0.1, 0.15) is 11.5 Å². The molecule has 1 fully saturated rings. The number of benzene rings is 2. The van der Waals surface area contributed by atoms with Gasteiger partial charge >= 0.3 is 0 Å². The standard InChI is InChI=1S/C24H24N2O5/c1-14-8-9-18-20(10-14)24(29)26(23(18)28)21-7-5-4-6-19(21)22(27)25-15-11-16(30-2)13-17(12-15)31-3/h4-8,11-13,18,20H,9-10H2,1-3H3,(H,25,27)/t18-,20+/m0/s1. The molecule has 0 bridgehead atoms. The van der Waals surface area contributed by atoms with E-state index in [0.717, 1.165) is 5.57 Å². The van der Waals surface area contributed by atoms with Crippen LogP contribution < -0.4 is 19.7 Å². The first-order valence-electron chi connectivity index (χ1n) is 10.1. The van der Waals surface area contributed by atoms with Gasteiger partial charge in [-0.05, 0) is 31.9 Å². The van der Waals surface area contributed by atoms with E-state index in [4.69, 9.17) is 9.47 Å². The molecule has 4 rings (SSSR count). The predicted octanol–water partition coefficient (Wildman–Crippen LogP) is 3.80. The highest BCUT2D eigenvalue weighted by Crippen LogP contribution is 2.40. The molecule has 0 radical (unpaired) electrons. The van der Waals surface area contributed by atoms with E-state index in [1.807, 2.05) is 13.0 Å². The van der Waals surface area contributed by atoms with Gasteiger partial charge in [-0.15, -0.1) is 0 Å². The van der Waals surface area contributed by atoms with Gasteiger partial charge in [0.25, 0.3) is 5.91 Å². The van der Waals surface area contributed by atoms with Crippen LogP contribution in [0, 0.1) is 11.8 Å². The number of para-hydroxylation sites is 1. The summed E-state index contributed by atoms with van der Waals surface area (Å²) in [7, 11) is 3.05. The van der Waals surface area contributed by atoms with Crippen molar-refractivity contribution in [3.8, 4) is 11.5 Å². The molecule has 0 aromatic heterocycles. The number of allylic oxidation sites excluding steroid dienone is 2. The molecular weight excluding hydrogens is 396 g/mol. The first kappa shape index (κ1) is 20.7. The maximum atomic E-state index is 13.1. The lowest BCUT2D eigenvalue weighted by molar-refractivity contribution is -0.122. The Kier molecular flexibility index (Phi) is 5.50. The maximum absolute atomic E-state index is 13.1. The number of carbonyl (C=O) groups is 3. The van der Waals surface area contributed by atoms with Crippen LogP contribution in [-0.4, -0.2) is 31.9 Å². The lowest BCUT2D eigenvalue weighted by Gasteiger charge is -2.19. The fourth-order valence-electron chi connectivity index (χ4n) is 4.21. The fraction of sp³-hybridized carbons (Fsp3) is 0.292. The van der Waals surface area contributed by atoms with E-state index in [2.05, 4.69) is 5.32 Å². The highest BCUT2D eigenvalue weighted by molar-refractivity contribution is 6.25. The van der Waals surface area contributed by atoms with Crippen molar-refractivity contribution >= 4 is 29.1 Å². The number of fused-ring (bicyclic) bond motifs is 1. The molecule has 0 spiro atoms. The summed E-state index contributed by atoms with van der Waals surface area (Å²) in [5.41, 5.74) is 2.14. The minimum Gasteiger partial charge on any atom is -0.497 e. The SMILES string of the molecule is COc1cc(NC(=O)c2ccccc2N2C(=O)[C@H]3CC=C(C)C[C@H]3C2=O)cc(OC)c1. The molecule has 0 saturated carbocycles. The van der Waals surface area contributed by atoms with E-state index in [9.17, 15) is 14.4 Å². The molecule has 2 aliphatic rings. The van der Waals surface area contributed by atoms with Crippen molar-refractivity contribution in [1.82, 2.24) is 0 Å². The van der Waals surface area contributed by atoms with E-state index in [1.54, 1.807) is 42.5 Å². The quantitative estimate of drug-likeness (QED) is 0.587. The summed E-state index contributed by atoms with van der Waals surface area (Å²) in [5, 5.41) is 2.81. The summed E-state index contributed by atoms with van der Waals surface area (Å²) >= 11 is 0. The molecule has 2 aromatic carbocycles. The van der Waals surface area contributed by atoms with Crippen LogP contribution in [0.5, 0.6) is 11.5 Å². The fourth-order valence-corrected chi connectivity index (χ4v) is 4.21. The van der Waals surface area contributed by atoms with Gasteiger partial charge < -0.3 is 14.8 Å². The van der Waals surface area contributed by atoms with Crippen LogP contribution in [0.3, 0.4) is 0 Å². The van der Waals surface area contributed by atoms with Crippen LogP contribution in [0.25, 0.3) is 0 Å². The Bertz CT molecular complexity index is 1070. The van der Waals surface area contributed by atoms with Crippen LogP contribution in [0.1, 0.15) is 30.1 Å². The second kappa shape index (κ2) is 8.26. The Hall–Kier alpha value is -3.61. The third kappa shape index (κ3) is 3.79. The molecule has 1 saturated heterocycles. The van der Waals surface area contributed by atoms with Gasteiger partial charge in [-0.3, -0.25) is 14.4 Å². The molecule has 0 unspecified atom stereocenters. The average Bonchev–Trinajstić information content (AvgIpc) is 3.02. The molecule has 1 heterocycles. The number of methoxy groups -OCH3 is 2. The van der Waals surface area contributed by atoms with Crippen LogP contribution in [-0.2, 0) is 9.59 Å². The molecule has 1 N–H and O–H groups in total. The lowest BCUT2D eigenvalue weighted by atomic mass is 9.82. The topological polar surface area (TPSA) is 84.9 Å². The van der Waals surface area contributed by atoms with Gasteiger partial charge in [0.05, 0.1) is 37.3 Å². The Morgan fingerprint density at radius 3 is 2.32 bits per heavy atom. The summed E-state index contributed by atoms with van der Waals surface area (Å²) in [4.78, 5) is 40.5. The lowest BCUT2D eigenvalue weighted by Crippen LogP contribution is -2.33. The molecule has 1 aliphatic heterocycles. The minimum absolute atomic E-state index is 0.245. The zero-order valence-electron chi connectivity index (χ0n) is 17.7. The normalized spacial score (nSPS) is 20.2. The maximum Gasteiger partial charge on any atom is 0.257 e. The Balaban J connectivity index is 1.65. The molecular formula is C24H24N2O5. The van der Waals surface area contributed by atoms with E-state index < -0.39 is 5.91 Å². The zero-order chi connectivity index (χ0) is 22.1. The summed E-state index contributed by atoms with van der Waals surface area (Å²) in [5.74, 6) is -0.603. The zero-order valence-corrected chi connectivity index (χ0v) is 17.7. The number of rotatable bonds is 5. The monoisotopic (exact) mass is 420 g/mol. The van der Waals surface area contributed by atoms with Crippen molar-refractivity contribution in [1.29, 1.82) is 0 Å². The summed E-state index contributed by atoms with van der Waals surface area (Å²) in [6.07, 6.45) is 3.14. The average molecular weight is 420 g/mol. The largest absolute Gasteiger partial charge is 0.497 e. The highest BCUT2D eigenvalue weighted by atomic mass is 16.5. The van der Waals surface area contributed by atoms with Crippen molar-refractivity contribution in [2.24, 2.45) is 11.8 Å². The number of nitrogens with zero attached hydrogens (tertiary/aromatic N) is 1. The summed E-state index contributed by atoms with van der Waals surface area (Å²) in [6.45, 7) is 1.97. The first-order valence-corrected chi connectivity index (χ1v) is 10.1. The van der Waals surface area contributed by atoms with E-state index in [-0.39, 0.29) is 29.2 Å². The van der Waals surface area contributed by atoms with Crippen molar-refractivity contribution in [2.75, 3.05) is 24.4 Å². The van der Waals surface area contributed by atoms with Crippen LogP contribution in [0.15, 0.2) is 54.1 Å². The smallest absolute Gasteiger partial charge is 0.257 e. The Labute approximate surface area is 180 Å². The molecule has 160 valence electrons. The van der Waals surface area contributed by atoms with Crippen molar-refractivity contribution in [3.63, 3.8) is 0 Å². The summed E-state index contributed by atoms with van der Waals surface area (Å²) in [6, 6.07) is 11.7. The number of carbonyl (C=O) groups excluding carboxylic acids is 3. The minimum atomic E-state index is -0.435. The molecule has 3 amide bonds. The highest BCUT2D eigenvalue weighted by Gasteiger charge is 2.49. The molecule has 31 heavy (non-hydrogen) atoms. The van der Waals surface area contributed by atoms with E-state index >= 15 is 0 Å². The van der Waals surface area contributed by atoms with Crippen LogP contribution in [0.4, 0.5) is 11.4 Å².